The fourth-order valence-electron chi connectivity index (χ4n) is 3.77. The van der Waals surface area contributed by atoms with E-state index in [1.54, 1.807) is 25.3 Å². The zero-order chi connectivity index (χ0) is 26.3. The van der Waals surface area contributed by atoms with Crippen LogP contribution in [0, 0.1) is 5.41 Å². The molecule has 0 radical (unpaired) electrons. The molecule has 0 amide bonds. The zero-order valence-electron chi connectivity index (χ0n) is 20.2. The molecule has 4 heterocycles. The molecule has 2 aromatic rings. The van der Waals surface area contributed by atoms with Crippen molar-refractivity contribution in [1.29, 1.82) is 0 Å². The molecule has 0 saturated carbocycles. The third-order valence-electron chi connectivity index (χ3n) is 5.77. The number of aromatic nitrogens is 4. The lowest BCUT2D eigenvalue weighted by Gasteiger charge is -2.34. The maximum absolute atomic E-state index is 13.1. The largest absolute Gasteiger partial charge is 0.476 e. The van der Waals surface area contributed by atoms with Crippen LogP contribution in [0.5, 0.6) is 5.88 Å². The number of carbonyl (C=O) groups excluding carboxylic acids is 1. The first-order chi connectivity index (χ1) is 16.9. The number of anilines is 1. The number of imidazole rings is 1. The summed E-state index contributed by atoms with van der Waals surface area (Å²) in [6, 6.07) is 0. The summed E-state index contributed by atoms with van der Waals surface area (Å²) in [5.74, 6) is 0.437. The van der Waals surface area contributed by atoms with Gasteiger partial charge in [0.25, 0.3) is 0 Å². The van der Waals surface area contributed by atoms with Crippen LogP contribution in [0.25, 0.3) is 11.2 Å². The maximum Gasteiger partial charge on any atom is 0.475 e. The lowest BCUT2D eigenvalue weighted by atomic mass is 9.97. The fourth-order valence-corrected chi connectivity index (χ4v) is 6.58. The van der Waals surface area contributed by atoms with Gasteiger partial charge in [0.1, 0.15) is 17.1 Å². The van der Waals surface area contributed by atoms with Crippen LogP contribution in [-0.2, 0) is 27.7 Å². The van der Waals surface area contributed by atoms with Gasteiger partial charge in [-0.2, -0.15) is 9.97 Å². The second kappa shape index (κ2) is 10.3. The Bertz CT molecular complexity index is 1180. The van der Waals surface area contributed by atoms with Gasteiger partial charge in [-0.3, -0.25) is 22.9 Å². The normalized spacial score (nSPS) is 30.4. The molecule has 4 rings (SSSR count). The van der Waals surface area contributed by atoms with Crippen LogP contribution in [0.3, 0.4) is 0 Å². The van der Waals surface area contributed by atoms with Crippen LogP contribution in [0.15, 0.2) is 6.33 Å². The van der Waals surface area contributed by atoms with Gasteiger partial charge in [0.2, 0.25) is 11.8 Å². The monoisotopic (exact) mass is 565 g/mol. The van der Waals surface area contributed by atoms with Crippen molar-refractivity contribution < 1.29 is 37.5 Å². The molecule has 36 heavy (non-hydrogen) atoms. The second-order valence-corrected chi connectivity index (χ2v) is 12.6. The van der Waals surface area contributed by atoms with Crippen molar-refractivity contribution in [2.24, 2.45) is 5.41 Å². The quantitative estimate of drug-likeness (QED) is 0.258. The smallest absolute Gasteiger partial charge is 0.475 e. The SMILES string of the molecule is CCOc1nc(N)nc2c1ncn2[C@@H]1O[C@@H]2COP(=O)(OCCSC(=O)C(C)(C)CO)O[C@H]2[C@@]1(C)Cl. The van der Waals surface area contributed by atoms with Gasteiger partial charge < -0.3 is 20.3 Å². The van der Waals surface area contributed by atoms with Gasteiger partial charge in [0.15, 0.2) is 22.5 Å². The molecule has 2 aliphatic rings. The number of aliphatic hydroxyl groups is 1. The molecular weight excluding hydrogens is 537 g/mol. The topological polar surface area (TPSA) is 170 Å². The Labute approximate surface area is 216 Å². The minimum Gasteiger partial charge on any atom is -0.476 e. The molecule has 13 nitrogen and oxygen atoms in total. The Hall–Kier alpha value is -1.51. The molecule has 1 unspecified atom stereocenters. The highest BCUT2D eigenvalue weighted by Crippen LogP contribution is 2.60. The van der Waals surface area contributed by atoms with E-state index in [0.29, 0.717) is 17.8 Å². The Morgan fingerprint density at radius 3 is 2.92 bits per heavy atom. The van der Waals surface area contributed by atoms with Crippen LogP contribution in [0.4, 0.5) is 5.95 Å². The van der Waals surface area contributed by atoms with E-state index in [1.807, 2.05) is 6.92 Å². The summed E-state index contributed by atoms with van der Waals surface area (Å²) >= 11 is 7.90. The highest BCUT2D eigenvalue weighted by Gasteiger charge is 2.60. The number of thioether (sulfide) groups is 1. The molecule has 0 aromatic carbocycles. The summed E-state index contributed by atoms with van der Waals surface area (Å²) in [5.41, 5.74) is 5.72. The molecule has 2 saturated heterocycles. The van der Waals surface area contributed by atoms with Gasteiger partial charge in [-0.15, -0.1) is 11.6 Å². The van der Waals surface area contributed by atoms with Gasteiger partial charge >= 0.3 is 7.82 Å². The fraction of sp³-hybridized carbons (Fsp3) is 0.700. The summed E-state index contributed by atoms with van der Waals surface area (Å²) in [4.78, 5) is 23.6. The Balaban J connectivity index is 1.46. The van der Waals surface area contributed by atoms with E-state index in [1.165, 1.54) is 6.33 Å². The van der Waals surface area contributed by atoms with Gasteiger partial charge in [-0.25, -0.2) is 9.55 Å². The molecule has 3 N–H and O–H groups in total. The van der Waals surface area contributed by atoms with E-state index in [0.717, 1.165) is 11.8 Å². The minimum absolute atomic E-state index is 0.00407. The molecule has 2 fully saturated rings. The number of ether oxygens (including phenoxy) is 2. The second-order valence-electron chi connectivity index (χ2n) is 9.10. The molecule has 5 atom stereocenters. The van der Waals surface area contributed by atoms with Crippen molar-refractivity contribution in [3.05, 3.63) is 6.33 Å². The van der Waals surface area contributed by atoms with E-state index in [9.17, 15) is 14.5 Å². The standard InChI is InChI=1S/C20H29ClN5O8PS/c1-5-30-15-12-14(24-18(22)25-15)26(10-23-12)16-20(4,21)13-11(33-16)8-32-35(29,34-13)31-6-7-36-17(28)19(2,3)9-27/h10-11,13,16,27H,5-9H2,1-4H3,(H2,22,24,25)/t11-,13-,16-,20-,35?/m1/s1. The highest BCUT2D eigenvalue weighted by atomic mass is 35.5. The van der Waals surface area contributed by atoms with Gasteiger partial charge in [0, 0.05) is 5.75 Å². The van der Waals surface area contributed by atoms with Crippen molar-refractivity contribution in [2.45, 2.75) is 51.0 Å². The third kappa shape index (κ3) is 5.23. The van der Waals surface area contributed by atoms with E-state index in [-0.39, 0.29) is 42.5 Å². The molecule has 0 spiro atoms. The van der Waals surface area contributed by atoms with Gasteiger partial charge in [-0.1, -0.05) is 11.8 Å². The number of hydrogen-bond acceptors (Lipinski definition) is 13. The van der Waals surface area contributed by atoms with E-state index >= 15 is 0 Å². The first kappa shape index (κ1) is 27.5. The average Bonchev–Trinajstić information content (AvgIpc) is 3.34. The Morgan fingerprint density at radius 2 is 2.22 bits per heavy atom. The number of carbonyl (C=O) groups is 1. The predicted octanol–water partition coefficient (Wildman–Crippen LogP) is 2.52. The molecule has 0 aliphatic carbocycles. The number of aliphatic hydroxyl groups excluding tert-OH is 1. The number of rotatable bonds is 9. The lowest BCUT2D eigenvalue weighted by molar-refractivity contribution is -0.119. The number of nitrogens with two attached hydrogens (primary N) is 1. The number of alkyl halides is 1. The molecule has 200 valence electrons. The van der Waals surface area contributed by atoms with Crippen molar-refractivity contribution in [3.63, 3.8) is 0 Å². The number of phosphoric acid groups is 1. The van der Waals surface area contributed by atoms with Crippen LogP contribution in [0.1, 0.15) is 33.9 Å². The van der Waals surface area contributed by atoms with Crippen molar-refractivity contribution in [1.82, 2.24) is 19.5 Å². The van der Waals surface area contributed by atoms with Crippen molar-refractivity contribution >= 4 is 53.4 Å². The summed E-state index contributed by atoms with van der Waals surface area (Å²) < 4.78 is 42.9. The van der Waals surface area contributed by atoms with E-state index < -0.39 is 36.5 Å². The van der Waals surface area contributed by atoms with Gasteiger partial charge in [0.05, 0.1) is 38.2 Å². The maximum atomic E-state index is 13.1. The van der Waals surface area contributed by atoms with Gasteiger partial charge in [-0.05, 0) is 27.7 Å². The first-order valence-corrected chi connectivity index (χ1v) is 14.1. The number of halogens is 1. The minimum atomic E-state index is -3.98. The predicted molar refractivity (Wildman–Crippen MR) is 132 cm³/mol. The van der Waals surface area contributed by atoms with Crippen molar-refractivity contribution in [3.8, 4) is 5.88 Å². The average molecular weight is 566 g/mol. The molecule has 16 heteroatoms. The number of nitrogens with zero attached hydrogens (tertiary/aromatic N) is 4. The summed E-state index contributed by atoms with van der Waals surface area (Å²) in [7, 11) is -3.98. The summed E-state index contributed by atoms with van der Waals surface area (Å²) in [6.45, 7) is 6.70. The zero-order valence-corrected chi connectivity index (χ0v) is 22.7. The van der Waals surface area contributed by atoms with Crippen LogP contribution in [-0.4, -0.2) is 79.0 Å². The molecule has 2 aromatic heterocycles. The molecular formula is C20H29ClN5O8PS. The van der Waals surface area contributed by atoms with Crippen LogP contribution < -0.4 is 10.5 Å². The molecule has 0 bridgehead atoms. The van der Waals surface area contributed by atoms with E-state index in [2.05, 4.69) is 15.0 Å². The number of nitrogen functional groups attached to an aromatic ring is 1. The summed E-state index contributed by atoms with van der Waals surface area (Å²) in [6.07, 6.45) is -0.836. The third-order valence-corrected chi connectivity index (χ3v) is 8.81. The van der Waals surface area contributed by atoms with Crippen LogP contribution >= 0.6 is 31.2 Å². The first-order valence-electron chi connectivity index (χ1n) is 11.2. The Kier molecular flexibility index (Phi) is 7.90. The molecule has 2 aliphatic heterocycles. The number of fused-ring (bicyclic) bond motifs is 2. The van der Waals surface area contributed by atoms with Crippen molar-refractivity contribution in [2.75, 3.05) is 37.9 Å². The number of phosphoric ester groups is 1. The lowest BCUT2D eigenvalue weighted by Crippen LogP contribution is -2.44. The number of hydrogen-bond donors (Lipinski definition) is 2. The van der Waals surface area contributed by atoms with Crippen LogP contribution in [0.2, 0.25) is 0 Å². The Morgan fingerprint density at radius 1 is 1.47 bits per heavy atom. The highest BCUT2D eigenvalue weighted by molar-refractivity contribution is 8.13. The van der Waals surface area contributed by atoms with E-state index in [4.69, 9.17) is 40.4 Å². The summed E-state index contributed by atoms with van der Waals surface area (Å²) in [5, 5.41) is 9.10.